The van der Waals surface area contributed by atoms with E-state index in [9.17, 15) is 4.79 Å². The topological polar surface area (TPSA) is 38.8 Å². The van der Waals surface area contributed by atoms with Gasteiger partial charge in [-0.15, -0.1) is 0 Å². The first-order valence-electron chi connectivity index (χ1n) is 10.3. The van der Waals surface area contributed by atoms with Crippen LogP contribution in [0.2, 0.25) is 0 Å². The van der Waals surface area contributed by atoms with Crippen molar-refractivity contribution in [1.29, 1.82) is 0 Å². The molecule has 4 heteroatoms. The maximum atomic E-state index is 11.0. The van der Waals surface area contributed by atoms with Crippen LogP contribution in [-0.4, -0.2) is 56.2 Å². The number of likely N-dealkylation sites (tertiary alicyclic amines) is 1. The van der Waals surface area contributed by atoms with Crippen molar-refractivity contribution in [1.82, 2.24) is 4.90 Å². The third-order valence-electron chi connectivity index (χ3n) is 5.27. The number of hydrogen-bond acceptors (Lipinski definition) is 4. The predicted octanol–water partition coefficient (Wildman–Crippen LogP) is 4.46. The molecule has 0 spiro atoms. The highest BCUT2D eigenvalue weighted by Gasteiger charge is 2.30. The Hall–Kier alpha value is -0.450. The monoisotopic (exact) mass is 355 g/mol. The van der Waals surface area contributed by atoms with E-state index in [1.165, 1.54) is 64.1 Å². The highest BCUT2D eigenvalue weighted by atomic mass is 16.5. The molecule has 3 rings (SSSR count). The molecule has 0 aromatic carbocycles. The van der Waals surface area contributed by atoms with Gasteiger partial charge in [-0.2, -0.15) is 0 Å². The minimum Gasteiger partial charge on any atom is -0.381 e. The fourth-order valence-electron chi connectivity index (χ4n) is 3.52. The van der Waals surface area contributed by atoms with Crippen molar-refractivity contribution < 1.29 is 14.3 Å². The molecule has 0 aromatic heterocycles. The fraction of sp³-hybridized carbons (Fsp3) is 0.952. The van der Waals surface area contributed by atoms with E-state index in [0.29, 0.717) is 5.92 Å². The summed E-state index contributed by atoms with van der Waals surface area (Å²) in [5, 5.41) is 0. The van der Waals surface area contributed by atoms with Crippen molar-refractivity contribution in [2.45, 2.75) is 90.2 Å². The number of methoxy groups -OCH3 is 1. The van der Waals surface area contributed by atoms with Crippen molar-refractivity contribution in [3.05, 3.63) is 0 Å². The maximum Gasteiger partial charge on any atom is 0.137 e. The Bertz CT molecular complexity index is 297. The number of carbonyl (C=O) groups is 1. The van der Waals surface area contributed by atoms with Gasteiger partial charge >= 0.3 is 0 Å². The Morgan fingerprint density at radius 2 is 1.48 bits per heavy atom. The average molecular weight is 356 g/mol. The number of rotatable bonds is 3. The van der Waals surface area contributed by atoms with Gasteiger partial charge in [-0.1, -0.05) is 12.8 Å². The van der Waals surface area contributed by atoms with Gasteiger partial charge < -0.3 is 14.3 Å². The largest absolute Gasteiger partial charge is 0.381 e. The van der Waals surface area contributed by atoms with Crippen LogP contribution < -0.4 is 0 Å². The van der Waals surface area contributed by atoms with Crippen LogP contribution in [0.4, 0.5) is 0 Å². The van der Waals surface area contributed by atoms with Gasteiger partial charge in [0.1, 0.15) is 6.29 Å². The minimum atomic E-state index is 0.0417. The molecular weight excluding hydrogens is 314 g/mol. The average Bonchev–Trinajstić information content (AvgIpc) is 3.32. The smallest absolute Gasteiger partial charge is 0.137 e. The van der Waals surface area contributed by atoms with E-state index in [0.717, 1.165) is 26.3 Å². The lowest BCUT2D eigenvalue weighted by atomic mass is 9.98. The maximum absolute atomic E-state index is 11.0. The molecule has 1 unspecified atom stereocenters. The van der Waals surface area contributed by atoms with Crippen LogP contribution in [0.25, 0.3) is 0 Å². The molecule has 1 saturated carbocycles. The molecule has 2 aliphatic heterocycles. The summed E-state index contributed by atoms with van der Waals surface area (Å²) in [6, 6.07) is 0.255. The standard InChI is InChI=1S/C11H19NO.C5H10O.C5H12O/c13-9-11(10-5-1-2-6-10)12-7-3-4-8-12;1-2-4-6-5-3-1;1-5(2,3)6-4/h9-11H,1-8H2;1-5H2;1-4H3. The summed E-state index contributed by atoms with van der Waals surface area (Å²) in [4.78, 5) is 13.4. The van der Waals surface area contributed by atoms with Gasteiger partial charge in [-0.3, -0.25) is 4.90 Å². The Morgan fingerprint density at radius 3 is 1.80 bits per heavy atom. The zero-order valence-corrected chi connectivity index (χ0v) is 17.1. The highest BCUT2D eigenvalue weighted by molar-refractivity contribution is 5.58. The second-order valence-corrected chi connectivity index (χ2v) is 8.40. The Morgan fingerprint density at radius 1 is 0.960 bits per heavy atom. The van der Waals surface area contributed by atoms with Gasteiger partial charge in [-0.25, -0.2) is 0 Å². The SMILES string of the molecule is C1CCOCC1.COC(C)(C)C.O=CC(C1CCCC1)N1CCCC1. The number of carbonyl (C=O) groups excluding carboxylic acids is 1. The summed E-state index contributed by atoms with van der Waals surface area (Å²) >= 11 is 0. The first kappa shape index (κ1) is 22.6. The molecule has 0 radical (unpaired) electrons. The van der Waals surface area contributed by atoms with E-state index in [4.69, 9.17) is 9.47 Å². The normalized spacial score (nSPS) is 23.2. The third kappa shape index (κ3) is 10.3. The predicted molar refractivity (Wildman–Crippen MR) is 104 cm³/mol. The number of hydrogen-bond donors (Lipinski definition) is 0. The lowest BCUT2D eigenvalue weighted by Crippen LogP contribution is -2.39. The van der Waals surface area contributed by atoms with Crippen LogP contribution in [0.5, 0.6) is 0 Å². The molecule has 1 aliphatic carbocycles. The molecule has 4 nitrogen and oxygen atoms in total. The summed E-state index contributed by atoms with van der Waals surface area (Å²) in [5.74, 6) is 0.676. The molecule has 0 bridgehead atoms. The van der Waals surface area contributed by atoms with Crippen molar-refractivity contribution in [2.24, 2.45) is 5.92 Å². The second-order valence-electron chi connectivity index (χ2n) is 8.40. The van der Waals surface area contributed by atoms with E-state index in [1.54, 1.807) is 7.11 Å². The molecule has 3 aliphatic rings. The van der Waals surface area contributed by atoms with Crippen LogP contribution >= 0.6 is 0 Å². The summed E-state index contributed by atoms with van der Waals surface area (Å²) < 4.78 is 10.0. The molecule has 2 heterocycles. The molecule has 25 heavy (non-hydrogen) atoms. The molecule has 0 aromatic rings. The second kappa shape index (κ2) is 12.8. The molecule has 3 fully saturated rings. The van der Waals surface area contributed by atoms with Crippen molar-refractivity contribution >= 4 is 6.29 Å². The lowest BCUT2D eigenvalue weighted by Gasteiger charge is -2.27. The van der Waals surface area contributed by atoms with Crippen molar-refractivity contribution in [3.8, 4) is 0 Å². The summed E-state index contributed by atoms with van der Waals surface area (Å²) in [6.07, 6.45) is 12.9. The van der Waals surface area contributed by atoms with Gasteiger partial charge in [0, 0.05) is 20.3 Å². The van der Waals surface area contributed by atoms with Gasteiger partial charge in [-0.05, 0) is 84.7 Å². The van der Waals surface area contributed by atoms with E-state index in [2.05, 4.69) is 4.90 Å². The van der Waals surface area contributed by atoms with Crippen LogP contribution in [0.15, 0.2) is 0 Å². The lowest BCUT2D eigenvalue weighted by molar-refractivity contribution is -0.113. The Labute approximate surface area is 155 Å². The molecule has 0 N–H and O–H groups in total. The van der Waals surface area contributed by atoms with Crippen LogP contribution in [0.1, 0.15) is 78.6 Å². The fourth-order valence-corrected chi connectivity index (χ4v) is 3.52. The minimum absolute atomic E-state index is 0.0417. The van der Waals surface area contributed by atoms with Gasteiger partial charge in [0.25, 0.3) is 0 Å². The van der Waals surface area contributed by atoms with E-state index < -0.39 is 0 Å². The Balaban J connectivity index is 0.000000218. The van der Waals surface area contributed by atoms with Gasteiger partial charge in [0.2, 0.25) is 0 Å². The van der Waals surface area contributed by atoms with Crippen LogP contribution in [-0.2, 0) is 14.3 Å². The summed E-state index contributed by atoms with van der Waals surface area (Å²) in [5.41, 5.74) is 0.0417. The molecule has 148 valence electrons. The number of ether oxygens (including phenoxy) is 2. The third-order valence-corrected chi connectivity index (χ3v) is 5.27. The van der Waals surface area contributed by atoms with Gasteiger partial charge in [0.15, 0.2) is 0 Å². The van der Waals surface area contributed by atoms with Crippen molar-refractivity contribution in [2.75, 3.05) is 33.4 Å². The summed E-state index contributed by atoms with van der Waals surface area (Å²) in [7, 11) is 1.71. The number of aldehydes is 1. The van der Waals surface area contributed by atoms with E-state index in [-0.39, 0.29) is 11.6 Å². The van der Waals surface area contributed by atoms with Crippen molar-refractivity contribution in [3.63, 3.8) is 0 Å². The molecule has 1 atom stereocenters. The van der Waals surface area contributed by atoms with Crippen LogP contribution in [0.3, 0.4) is 0 Å². The zero-order chi connectivity index (χ0) is 18.5. The quantitative estimate of drug-likeness (QED) is 0.701. The molecule has 2 saturated heterocycles. The highest BCUT2D eigenvalue weighted by Crippen LogP contribution is 2.30. The zero-order valence-electron chi connectivity index (χ0n) is 17.1. The molecule has 0 amide bonds. The van der Waals surface area contributed by atoms with Gasteiger partial charge in [0.05, 0.1) is 11.6 Å². The number of nitrogens with zero attached hydrogens (tertiary/aromatic N) is 1. The first-order chi connectivity index (χ1) is 12.0. The van der Waals surface area contributed by atoms with E-state index >= 15 is 0 Å². The Kier molecular flexibility index (Phi) is 11.6. The van der Waals surface area contributed by atoms with E-state index in [1.807, 2.05) is 20.8 Å². The molecular formula is C21H41NO3. The van der Waals surface area contributed by atoms with Crippen LogP contribution in [0, 0.1) is 5.92 Å². The summed E-state index contributed by atoms with van der Waals surface area (Å²) in [6.45, 7) is 10.4. The first-order valence-corrected chi connectivity index (χ1v) is 10.3.